The average molecular weight is 361 g/mol. The number of rotatable bonds is 4. The van der Waals surface area contributed by atoms with E-state index >= 15 is 0 Å². The number of aldehydes is 1. The highest BCUT2D eigenvalue weighted by atomic mass is 127. The van der Waals surface area contributed by atoms with E-state index in [1.54, 1.807) is 6.07 Å². The summed E-state index contributed by atoms with van der Waals surface area (Å²) in [6, 6.07) is 3.16. The monoisotopic (exact) mass is 361 g/mol. The van der Waals surface area contributed by atoms with Gasteiger partial charge in [0.2, 0.25) is 0 Å². The molecule has 0 spiro atoms. The molecule has 4 nitrogen and oxygen atoms in total. The summed E-state index contributed by atoms with van der Waals surface area (Å²) < 4.78 is 14.6. The van der Waals surface area contributed by atoms with Crippen LogP contribution in [-0.2, 0) is 11.2 Å². The Morgan fingerprint density at radius 2 is 2.11 bits per heavy atom. The lowest BCUT2D eigenvalue weighted by Crippen LogP contribution is -2.09. The Labute approximate surface area is 118 Å². The van der Waals surface area contributed by atoms with Gasteiger partial charge in [0.05, 0.1) is 0 Å². The molecule has 1 aliphatic rings. The molecule has 1 saturated heterocycles. The molecular formula is C12H13FIN3O. The van der Waals surface area contributed by atoms with Crippen molar-refractivity contribution in [2.45, 2.75) is 19.3 Å². The minimum Gasteiger partial charge on any atom is -0.303 e. The summed E-state index contributed by atoms with van der Waals surface area (Å²) in [4.78, 5) is 10.6. The summed E-state index contributed by atoms with van der Waals surface area (Å²) in [6.45, 7) is 1.72. The normalized spacial score (nSPS) is 15.6. The van der Waals surface area contributed by atoms with Crippen LogP contribution in [0.25, 0.3) is 0 Å². The number of hydrogen-bond acceptors (Lipinski definition) is 3. The summed E-state index contributed by atoms with van der Waals surface area (Å²) in [5, 5.41) is 9.81. The topological polar surface area (TPSA) is 45.0 Å². The molecule has 0 amide bonds. The van der Waals surface area contributed by atoms with Crippen LogP contribution in [-0.4, -0.2) is 24.4 Å². The zero-order chi connectivity index (χ0) is 13.0. The van der Waals surface area contributed by atoms with Crippen molar-refractivity contribution in [3.63, 3.8) is 0 Å². The minimum absolute atomic E-state index is 0.155. The van der Waals surface area contributed by atoms with Crippen molar-refractivity contribution in [2.24, 2.45) is 10.3 Å². The fourth-order valence-electron chi connectivity index (χ4n) is 1.87. The molecule has 0 aromatic heterocycles. The largest absolute Gasteiger partial charge is 0.303 e. The van der Waals surface area contributed by atoms with Gasteiger partial charge in [0, 0.05) is 23.1 Å². The molecule has 0 aliphatic carbocycles. The predicted molar refractivity (Wildman–Crippen MR) is 74.2 cm³/mol. The standard InChI is InChI=1S/C12H13FIN3O/c13-11-8-10(14)7-9(3-6-18)12(11)15-16-17-4-1-2-5-17/h6-8H,1-5H2/b16-15+. The maximum atomic E-state index is 13.8. The number of nitrogens with zero attached hydrogens (tertiary/aromatic N) is 3. The van der Waals surface area contributed by atoms with Gasteiger partial charge in [0.15, 0.2) is 5.82 Å². The number of carbonyl (C=O) groups excluding carboxylic acids is 1. The summed E-state index contributed by atoms with van der Waals surface area (Å²) >= 11 is 2.02. The highest BCUT2D eigenvalue weighted by molar-refractivity contribution is 14.1. The molecule has 1 aromatic rings. The molecule has 0 saturated carbocycles. The van der Waals surface area contributed by atoms with Crippen molar-refractivity contribution in [3.8, 4) is 0 Å². The highest BCUT2D eigenvalue weighted by Gasteiger charge is 2.12. The molecule has 1 aliphatic heterocycles. The van der Waals surface area contributed by atoms with Crippen molar-refractivity contribution in [1.29, 1.82) is 0 Å². The van der Waals surface area contributed by atoms with Gasteiger partial charge in [-0.2, -0.15) is 0 Å². The lowest BCUT2D eigenvalue weighted by molar-refractivity contribution is -0.107. The van der Waals surface area contributed by atoms with Crippen molar-refractivity contribution in [2.75, 3.05) is 13.1 Å². The number of carbonyl (C=O) groups is 1. The van der Waals surface area contributed by atoms with Gasteiger partial charge < -0.3 is 4.79 Å². The molecule has 0 unspecified atom stereocenters. The zero-order valence-corrected chi connectivity index (χ0v) is 11.9. The second-order valence-corrected chi connectivity index (χ2v) is 5.36. The van der Waals surface area contributed by atoms with Crippen molar-refractivity contribution in [1.82, 2.24) is 5.01 Å². The predicted octanol–water partition coefficient (Wildman–Crippen LogP) is 3.27. The van der Waals surface area contributed by atoms with Crippen molar-refractivity contribution >= 4 is 34.6 Å². The molecule has 0 radical (unpaired) electrons. The highest BCUT2D eigenvalue weighted by Crippen LogP contribution is 2.27. The average Bonchev–Trinajstić information content (AvgIpc) is 2.81. The summed E-state index contributed by atoms with van der Waals surface area (Å²) in [6.07, 6.45) is 3.09. The summed E-state index contributed by atoms with van der Waals surface area (Å²) in [7, 11) is 0. The van der Waals surface area contributed by atoms with Gasteiger partial charge in [-0.1, -0.05) is 5.22 Å². The third kappa shape index (κ3) is 3.24. The molecule has 1 fully saturated rings. The second-order valence-electron chi connectivity index (χ2n) is 4.12. The molecule has 0 bridgehead atoms. The van der Waals surface area contributed by atoms with Gasteiger partial charge in [0.1, 0.15) is 12.0 Å². The van der Waals surface area contributed by atoms with Crippen LogP contribution >= 0.6 is 22.6 Å². The summed E-state index contributed by atoms with van der Waals surface area (Å²) in [5.74, 6) is -0.429. The lowest BCUT2D eigenvalue weighted by Gasteiger charge is -2.09. The Hall–Kier alpha value is -1.05. The van der Waals surface area contributed by atoms with Gasteiger partial charge in [-0.3, -0.25) is 5.01 Å². The SMILES string of the molecule is O=CCc1cc(I)cc(F)c1/N=N/N1CCCC1. The first-order valence-corrected chi connectivity index (χ1v) is 6.86. The van der Waals surface area contributed by atoms with Crippen molar-refractivity contribution in [3.05, 3.63) is 27.1 Å². The molecule has 6 heteroatoms. The molecule has 2 rings (SSSR count). The van der Waals surface area contributed by atoms with Crippen LogP contribution in [0.2, 0.25) is 0 Å². The van der Waals surface area contributed by atoms with E-state index in [9.17, 15) is 9.18 Å². The number of benzene rings is 1. The smallest absolute Gasteiger partial charge is 0.152 e. The van der Waals surface area contributed by atoms with Crippen LogP contribution in [0.4, 0.5) is 10.1 Å². The van der Waals surface area contributed by atoms with Crippen LogP contribution < -0.4 is 0 Å². The zero-order valence-electron chi connectivity index (χ0n) is 9.77. The van der Waals surface area contributed by atoms with Crippen LogP contribution in [0.15, 0.2) is 22.5 Å². The fraction of sp³-hybridized carbons (Fsp3) is 0.417. The third-order valence-electron chi connectivity index (χ3n) is 2.76. The van der Waals surface area contributed by atoms with E-state index in [2.05, 4.69) is 10.3 Å². The maximum absolute atomic E-state index is 13.8. The Balaban J connectivity index is 2.26. The van der Waals surface area contributed by atoms with Gasteiger partial charge >= 0.3 is 0 Å². The molecule has 18 heavy (non-hydrogen) atoms. The van der Waals surface area contributed by atoms with E-state index in [0.717, 1.165) is 35.8 Å². The quantitative estimate of drug-likeness (QED) is 0.470. The Morgan fingerprint density at radius 3 is 2.78 bits per heavy atom. The van der Waals surface area contributed by atoms with Crippen LogP contribution in [0.5, 0.6) is 0 Å². The van der Waals surface area contributed by atoms with Gasteiger partial charge in [-0.15, -0.1) is 5.11 Å². The lowest BCUT2D eigenvalue weighted by atomic mass is 10.1. The van der Waals surface area contributed by atoms with Crippen molar-refractivity contribution < 1.29 is 9.18 Å². The van der Waals surface area contributed by atoms with E-state index in [1.807, 2.05) is 27.6 Å². The molecule has 96 valence electrons. The minimum atomic E-state index is -0.429. The van der Waals surface area contributed by atoms with Crippen LogP contribution in [0.1, 0.15) is 18.4 Å². The first-order chi connectivity index (χ1) is 8.70. The van der Waals surface area contributed by atoms with E-state index in [4.69, 9.17) is 0 Å². The number of hydrogen-bond donors (Lipinski definition) is 0. The molecule has 1 heterocycles. The van der Waals surface area contributed by atoms with E-state index in [1.165, 1.54) is 6.07 Å². The summed E-state index contributed by atoms with van der Waals surface area (Å²) in [5.41, 5.74) is 0.756. The third-order valence-corrected chi connectivity index (χ3v) is 3.39. The Kier molecular flexibility index (Phi) is 4.62. The van der Waals surface area contributed by atoms with Gasteiger partial charge in [0.25, 0.3) is 0 Å². The first-order valence-electron chi connectivity index (χ1n) is 5.79. The first kappa shape index (κ1) is 13.4. The molecule has 1 aromatic carbocycles. The van der Waals surface area contributed by atoms with Crippen LogP contribution in [0.3, 0.4) is 0 Å². The molecule has 0 N–H and O–H groups in total. The second kappa shape index (κ2) is 6.21. The van der Waals surface area contributed by atoms with E-state index in [-0.39, 0.29) is 12.1 Å². The number of halogens is 2. The Bertz CT molecular complexity index is 473. The maximum Gasteiger partial charge on any atom is 0.152 e. The van der Waals surface area contributed by atoms with Gasteiger partial charge in [-0.05, 0) is 53.1 Å². The molecule has 0 atom stereocenters. The van der Waals surface area contributed by atoms with Gasteiger partial charge in [-0.25, -0.2) is 4.39 Å². The van der Waals surface area contributed by atoms with E-state index < -0.39 is 5.82 Å². The Morgan fingerprint density at radius 1 is 1.39 bits per heavy atom. The fourth-order valence-corrected chi connectivity index (χ4v) is 2.52. The van der Waals surface area contributed by atoms with E-state index in [0.29, 0.717) is 5.56 Å². The van der Waals surface area contributed by atoms with Crippen LogP contribution in [0, 0.1) is 9.39 Å². The molecular weight excluding hydrogens is 348 g/mol.